The molecule has 27 heavy (non-hydrogen) atoms. The van der Waals surface area contributed by atoms with E-state index in [0.29, 0.717) is 15.7 Å². The number of halogens is 2. The molecule has 2 N–H and O–H groups in total. The molecule has 9 heteroatoms. The first-order valence-electron chi connectivity index (χ1n) is 7.95. The molecular weight excluding hydrogens is 427 g/mol. The van der Waals surface area contributed by atoms with Crippen LogP contribution in [0.5, 0.6) is 0 Å². The Balaban J connectivity index is 1.74. The minimum Gasteiger partial charge on any atom is -0.387 e. The smallest absolute Gasteiger partial charge is 0.240 e. The van der Waals surface area contributed by atoms with Gasteiger partial charge in [-0.25, -0.2) is 13.1 Å². The van der Waals surface area contributed by atoms with Crippen molar-refractivity contribution in [3.05, 3.63) is 69.1 Å². The lowest BCUT2D eigenvalue weighted by Gasteiger charge is -2.08. The highest BCUT2D eigenvalue weighted by atomic mass is 35.5. The summed E-state index contributed by atoms with van der Waals surface area (Å²) in [5, 5.41) is 10.5. The number of nitrogens with one attached hydrogen (secondary N) is 1. The van der Waals surface area contributed by atoms with Crippen LogP contribution >= 0.6 is 34.7 Å². The van der Waals surface area contributed by atoms with Crippen molar-refractivity contribution in [2.45, 2.75) is 24.5 Å². The van der Waals surface area contributed by atoms with Gasteiger partial charge in [-0.1, -0.05) is 41.4 Å². The van der Waals surface area contributed by atoms with Crippen LogP contribution in [0.3, 0.4) is 0 Å². The van der Waals surface area contributed by atoms with Crippen LogP contribution in [0.25, 0.3) is 11.1 Å². The summed E-state index contributed by atoms with van der Waals surface area (Å²) in [4.78, 5) is 0.871. The molecule has 0 aliphatic heterocycles. The number of aliphatic hydroxyl groups excluding tert-OH is 1. The molecule has 0 bridgehead atoms. The molecule has 0 spiro atoms. The van der Waals surface area contributed by atoms with E-state index in [2.05, 4.69) is 9.10 Å². The lowest BCUT2D eigenvalue weighted by atomic mass is 10.1. The van der Waals surface area contributed by atoms with Crippen molar-refractivity contribution in [1.29, 1.82) is 0 Å². The fraction of sp³-hybridized carbons (Fsp3) is 0.167. The summed E-state index contributed by atoms with van der Waals surface area (Å²) < 4.78 is 31.6. The molecule has 0 saturated heterocycles. The Hall–Kier alpha value is -1.48. The van der Waals surface area contributed by atoms with Gasteiger partial charge in [-0.15, -0.1) is 0 Å². The SMILES string of the molecule is CC(O)c1cc(CNS(=O)(=O)c2ccc(-c3ccc(Cl)cc3Cl)cc2)sn1. The molecule has 1 atom stereocenters. The van der Waals surface area contributed by atoms with E-state index in [0.717, 1.165) is 27.5 Å². The van der Waals surface area contributed by atoms with Crippen LogP contribution in [-0.2, 0) is 16.6 Å². The Kier molecular flexibility index (Phi) is 6.20. The zero-order chi connectivity index (χ0) is 19.6. The summed E-state index contributed by atoms with van der Waals surface area (Å²) >= 11 is 13.3. The van der Waals surface area contributed by atoms with E-state index in [1.807, 2.05) is 0 Å². The highest BCUT2D eigenvalue weighted by Crippen LogP contribution is 2.30. The van der Waals surface area contributed by atoms with Crippen LogP contribution in [0.4, 0.5) is 0 Å². The Morgan fingerprint density at radius 1 is 1.15 bits per heavy atom. The average Bonchev–Trinajstić information content (AvgIpc) is 3.10. The predicted octanol–water partition coefficient (Wildman–Crippen LogP) is 4.65. The number of aliphatic hydroxyl groups is 1. The number of hydrogen-bond donors (Lipinski definition) is 2. The molecule has 3 aromatic rings. The number of sulfonamides is 1. The van der Waals surface area contributed by atoms with E-state index >= 15 is 0 Å². The standard InChI is InChI=1S/C18H16Cl2N2O3S2/c1-11(23)18-9-14(26-22-18)10-21-27(24,25)15-5-2-12(3-6-15)16-7-4-13(19)8-17(16)20/h2-9,11,21,23H,10H2,1H3. The van der Waals surface area contributed by atoms with Gasteiger partial charge in [0.05, 0.1) is 16.7 Å². The van der Waals surface area contributed by atoms with Crippen molar-refractivity contribution in [2.24, 2.45) is 0 Å². The molecule has 3 rings (SSSR count). The number of nitrogens with zero attached hydrogens (tertiary/aromatic N) is 1. The summed E-state index contributed by atoms with van der Waals surface area (Å²) in [6.07, 6.45) is -0.682. The van der Waals surface area contributed by atoms with Crippen molar-refractivity contribution in [3.63, 3.8) is 0 Å². The molecule has 0 saturated carbocycles. The summed E-state index contributed by atoms with van der Waals surface area (Å²) in [5.41, 5.74) is 2.09. The van der Waals surface area contributed by atoms with Crippen LogP contribution in [-0.4, -0.2) is 17.9 Å². The summed E-state index contributed by atoms with van der Waals surface area (Å²) in [5.74, 6) is 0. The third-order valence-corrected chi connectivity index (χ3v) is 6.61. The molecule has 142 valence electrons. The number of hydrogen-bond acceptors (Lipinski definition) is 5. The fourth-order valence-corrected chi connectivity index (χ4v) is 4.75. The van der Waals surface area contributed by atoms with Gasteiger partial charge in [0.1, 0.15) is 0 Å². The number of rotatable bonds is 6. The van der Waals surface area contributed by atoms with E-state index in [1.54, 1.807) is 43.3 Å². The maximum atomic E-state index is 12.5. The largest absolute Gasteiger partial charge is 0.387 e. The Bertz CT molecular complexity index is 1050. The van der Waals surface area contributed by atoms with Gasteiger partial charge in [0.2, 0.25) is 10.0 Å². The van der Waals surface area contributed by atoms with Crippen molar-refractivity contribution < 1.29 is 13.5 Å². The average molecular weight is 443 g/mol. The molecule has 2 aromatic carbocycles. The second-order valence-corrected chi connectivity index (χ2v) is 9.37. The van der Waals surface area contributed by atoms with E-state index in [-0.39, 0.29) is 11.4 Å². The van der Waals surface area contributed by atoms with Crippen molar-refractivity contribution >= 4 is 44.8 Å². The van der Waals surface area contributed by atoms with E-state index < -0.39 is 16.1 Å². The van der Waals surface area contributed by atoms with Crippen molar-refractivity contribution in [1.82, 2.24) is 9.10 Å². The van der Waals surface area contributed by atoms with Gasteiger partial charge >= 0.3 is 0 Å². The van der Waals surface area contributed by atoms with Gasteiger partial charge in [-0.05, 0) is 54.4 Å². The van der Waals surface area contributed by atoms with E-state index in [9.17, 15) is 13.5 Å². The molecule has 1 heterocycles. The van der Waals surface area contributed by atoms with Gasteiger partial charge in [0, 0.05) is 27.0 Å². The minimum absolute atomic E-state index is 0.109. The normalized spacial score (nSPS) is 12.9. The predicted molar refractivity (Wildman–Crippen MR) is 109 cm³/mol. The van der Waals surface area contributed by atoms with Gasteiger partial charge in [-0.2, -0.15) is 4.37 Å². The maximum Gasteiger partial charge on any atom is 0.240 e. The molecule has 0 radical (unpaired) electrons. The second kappa shape index (κ2) is 8.26. The number of benzene rings is 2. The van der Waals surface area contributed by atoms with Gasteiger partial charge in [-0.3, -0.25) is 0 Å². The summed E-state index contributed by atoms with van der Waals surface area (Å²) in [6.45, 7) is 1.72. The third-order valence-electron chi connectivity index (χ3n) is 3.85. The van der Waals surface area contributed by atoms with Crippen LogP contribution in [0.1, 0.15) is 23.6 Å². The van der Waals surface area contributed by atoms with Crippen LogP contribution in [0, 0.1) is 0 Å². The van der Waals surface area contributed by atoms with E-state index in [1.165, 1.54) is 12.1 Å². The minimum atomic E-state index is -3.67. The van der Waals surface area contributed by atoms with Gasteiger partial charge in [0.15, 0.2) is 0 Å². The van der Waals surface area contributed by atoms with Crippen molar-refractivity contribution in [3.8, 4) is 11.1 Å². The highest BCUT2D eigenvalue weighted by Gasteiger charge is 2.16. The maximum absolute atomic E-state index is 12.5. The molecule has 0 amide bonds. The Morgan fingerprint density at radius 2 is 1.85 bits per heavy atom. The lowest BCUT2D eigenvalue weighted by molar-refractivity contribution is 0.195. The first kappa shape index (κ1) is 20.3. The highest BCUT2D eigenvalue weighted by molar-refractivity contribution is 7.89. The molecular formula is C18H16Cl2N2O3S2. The molecule has 0 fully saturated rings. The molecule has 1 aromatic heterocycles. The fourth-order valence-electron chi connectivity index (χ4n) is 2.40. The lowest BCUT2D eigenvalue weighted by Crippen LogP contribution is -2.22. The zero-order valence-electron chi connectivity index (χ0n) is 14.2. The van der Waals surface area contributed by atoms with Crippen LogP contribution in [0.15, 0.2) is 53.4 Å². The monoisotopic (exact) mass is 442 g/mol. The van der Waals surface area contributed by atoms with Gasteiger partial charge < -0.3 is 5.11 Å². The first-order chi connectivity index (χ1) is 12.8. The molecule has 0 aliphatic carbocycles. The molecule has 0 aliphatic rings. The van der Waals surface area contributed by atoms with Gasteiger partial charge in [0.25, 0.3) is 0 Å². The van der Waals surface area contributed by atoms with Crippen molar-refractivity contribution in [2.75, 3.05) is 0 Å². The second-order valence-electron chi connectivity index (χ2n) is 5.87. The number of aromatic nitrogens is 1. The Labute approximate surface area is 171 Å². The van der Waals surface area contributed by atoms with Crippen LogP contribution in [0.2, 0.25) is 10.0 Å². The zero-order valence-corrected chi connectivity index (χ0v) is 17.3. The van der Waals surface area contributed by atoms with Crippen LogP contribution < -0.4 is 4.72 Å². The summed E-state index contributed by atoms with van der Waals surface area (Å²) in [7, 11) is -3.67. The van der Waals surface area contributed by atoms with E-state index in [4.69, 9.17) is 23.2 Å². The topological polar surface area (TPSA) is 79.3 Å². The Morgan fingerprint density at radius 3 is 2.44 bits per heavy atom. The molecule has 1 unspecified atom stereocenters. The molecule has 5 nitrogen and oxygen atoms in total. The first-order valence-corrected chi connectivity index (χ1v) is 11.0. The quantitative estimate of drug-likeness (QED) is 0.582. The summed E-state index contributed by atoms with van der Waals surface area (Å²) in [6, 6.07) is 13.3. The third kappa shape index (κ3) is 4.87.